The summed E-state index contributed by atoms with van der Waals surface area (Å²) in [5.74, 6) is 0.403. The van der Waals surface area contributed by atoms with Gasteiger partial charge in [0.25, 0.3) is 5.91 Å². The highest BCUT2D eigenvalue weighted by molar-refractivity contribution is 6.05. The van der Waals surface area contributed by atoms with Crippen LogP contribution >= 0.6 is 0 Å². The lowest BCUT2D eigenvalue weighted by molar-refractivity contribution is -0.119. The van der Waals surface area contributed by atoms with E-state index >= 15 is 0 Å². The number of rotatable bonds is 7. The zero-order chi connectivity index (χ0) is 22.1. The molecule has 2 aromatic carbocycles. The van der Waals surface area contributed by atoms with E-state index in [4.69, 9.17) is 4.74 Å². The number of hydrogen-bond donors (Lipinski definition) is 1. The van der Waals surface area contributed by atoms with Gasteiger partial charge >= 0.3 is 0 Å². The highest BCUT2D eigenvalue weighted by Crippen LogP contribution is 2.38. The summed E-state index contributed by atoms with van der Waals surface area (Å²) in [6.45, 7) is 1.50. The molecule has 5 rings (SSSR count). The van der Waals surface area contributed by atoms with Crippen molar-refractivity contribution in [2.24, 2.45) is 5.92 Å². The van der Waals surface area contributed by atoms with Crippen LogP contribution in [0.1, 0.15) is 35.2 Å². The van der Waals surface area contributed by atoms with Crippen molar-refractivity contribution in [2.45, 2.75) is 38.3 Å². The van der Waals surface area contributed by atoms with Crippen molar-refractivity contribution in [3.05, 3.63) is 59.9 Å². The van der Waals surface area contributed by atoms with E-state index in [1.165, 1.54) is 19.1 Å². The Balaban J connectivity index is 1.47. The highest BCUT2D eigenvalue weighted by atomic mass is 16.5. The molecule has 7 heteroatoms. The predicted molar refractivity (Wildman–Crippen MR) is 123 cm³/mol. The molecule has 2 heterocycles. The molecule has 1 aliphatic carbocycles. The minimum atomic E-state index is -0.255. The van der Waals surface area contributed by atoms with E-state index in [1.54, 1.807) is 12.4 Å². The number of aromatic nitrogens is 2. The van der Waals surface area contributed by atoms with Gasteiger partial charge in [-0.2, -0.15) is 0 Å². The molecule has 0 spiro atoms. The van der Waals surface area contributed by atoms with Gasteiger partial charge in [0.05, 0.1) is 23.0 Å². The molecule has 2 aliphatic rings. The summed E-state index contributed by atoms with van der Waals surface area (Å²) in [5.41, 5.74) is 3.94. The number of carbonyl (C=O) groups is 2. The summed E-state index contributed by atoms with van der Waals surface area (Å²) >= 11 is 0. The van der Waals surface area contributed by atoms with Crippen LogP contribution in [0.3, 0.4) is 0 Å². The van der Waals surface area contributed by atoms with Gasteiger partial charge in [0.1, 0.15) is 6.61 Å². The van der Waals surface area contributed by atoms with E-state index in [0.717, 1.165) is 37.9 Å². The van der Waals surface area contributed by atoms with Crippen molar-refractivity contribution in [2.75, 3.05) is 25.6 Å². The second-order valence-corrected chi connectivity index (χ2v) is 8.84. The number of hydrogen-bond acceptors (Lipinski definition) is 4. The molecule has 2 bridgehead atoms. The number of piperidine rings is 1. The molecule has 1 saturated heterocycles. The molecule has 1 N–H and O–H groups in total. The summed E-state index contributed by atoms with van der Waals surface area (Å²) in [5, 5.41) is 2.93. The largest absolute Gasteiger partial charge is 0.375 e. The van der Waals surface area contributed by atoms with Crippen LogP contribution < -0.4 is 5.32 Å². The third kappa shape index (κ3) is 4.00. The number of carbonyl (C=O) groups excluding carboxylic acids is 2. The molecular weight excluding hydrogens is 404 g/mol. The van der Waals surface area contributed by atoms with Crippen LogP contribution in [0.4, 0.5) is 5.69 Å². The predicted octanol–water partition coefficient (Wildman–Crippen LogP) is 3.49. The van der Waals surface area contributed by atoms with Crippen LogP contribution in [-0.4, -0.2) is 52.6 Å². The molecule has 2 atom stereocenters. The molecular formula is C25H28N4O3. The number of imidazole rings is 1. The molecule has 7 nitrogen and oxygen atoms in total. The summed E-state index contributed by atoms with van der Waals surface area (Å²) < 4.78 is 7.03. The summed E-state index contributed by atoms with van der Waals surface area (Å²) in [7, 11) is 1.49. The second-order valence-electron chi connectivity index (χ2n) is 8.84. The molecule has 1 aliphatic heterocycles. The molecule has 0 radical (unpaired) electrons. The second kappa shape index (κ2) is 8.74. The lowest BCUT2D eigenvalue weighted by Crippen LogP contribution is -2.37. The standard InChI is InChI=1S/C25H28N4O3/c1-32-15-23(30)27-22-13-19(25(31)29-14-18-7-8-20(29)11-18)12-21-24(22)28(16-26-21)10-9-17-5-3-2-4-6-17/h2-6,12-13,16,18,20H,7-11,14-15H2,1H3,(H,27,30)/t18-,20-/m1/s1. The Hall–Kier alpha value is -3.19. The zero-order valence-electron chi connectivity index (χ0n) is 18.3. The molecule has 32 heavy (non-hydrogen) atoms. The van der Waals surface area contributed by atoms with E-state index in [1.807, 2.05) is 33.7 Å². The van der Waals surface area contributed by atoms with Crippen LogP contribution in [0.25, 0.3) is 11.0 Å². The Morgan fingerprint density at radius 2 is 2.03 bits per heavy atom. The Kier molecular flexibility index (Phi) is 5.66. The topological polar surface area (TPSA) is 76.5 Å². The van der Waals surface area contributed by atoms with E-state index in [9.17, 15) is 9.59 Å². The summed E-state index contributed by atoms with van der Waals surface area (Å²) in [6, 6.07) is 14.3. The minimum Gasteiger partial charge on any atom is -0.375 e. The van der Waals surface area contributed by atoms with Crippen molar-refractivity contribution in [1.82, 2.24) is 14.5 Å². The highest BCUT2D eigenvalue weighted by Gasteiger charge is 2.40. The first kappa shape index (κ1) is 20.7. The van der Waals surface area contributed by atoms with Gasteiger partial charge in [-0.15, -0.1) is 0 Å². The smallest absolute Gasteiger partial charge is 0.254 e. The van der Waals surface area contributed by atoms with Crippen molar-refractivity contribution < 1.29 is 14.3 Å². The average Bonchev–Trinajstić information content (AvgIpc) is 3.54. The van der Waals surface area contributed by atoms with E-state index in [0.29, 0.717) is 28.7 Å². The van der Waals surface area contributed by atoms with Gasteiger partial charge in [-0.25, -0.2) is 4.98 Å². The van der Waals surface area contributed by atoms with Crippen LogP contribution in [-0.2, 0) is 22.5 Å². The Morgan fingerprint density at radius 1 is 1.19 bits per heavy atom. The molecule has 1 aromatic heterocycles. The first-order valence-corrected chi connectivity index (χ1v) is 11.2. The lowest BCUT2D eigenvalue weighted by atomic mass is 10.1. The van der Waals surface area contributed by atoms with Crippen LogP contribution in [0.2, 0.25) is 0 Å². The number of anilines is 1. The summed E-state index contributed by atoms with van der Waals surface area (Å²) in [4.78, 5) is 32.2. The number of amides is 2. The van der Waals surface area contributed by atoms with E-state index in [-0.39, 0.29) is 18.4 Å². The quantitative estimate of drug-likeness (QED) is 0.620. The molecule has 1 saturated carbocycles. The van der Waals surface area contributed by atoms with Gasteiger partial charge < -0.3 is 19.5 Å². The van der Waals surface area contributed by atoms with Gasteiger partial charge in [-0.05, 0) is 49.3 Å². The fraction of sp³-hybridized carbons (Fsp3) is 0.400. The zero-order valence-corrected chi connectivity index (χ0v) is 18.3. The third-order valence-electron chi connectivity index (χ3n) is 6.66. The van der Waals surface area contributed by atoms with Gasteiger partial charge in [-0.3, -0.25) is 9.59 Å². The van der Waals surface area contributed by atoms with Crippen molar-refractivity contribution >= 4 is 28.5 Å². The monoisotopic (exact) mass is 432 g/mol. The number of nitrogens with zero attached hydrogens (tertiary/aromatic N) is 3. The van der Waals surface area contributed by atoms with Crippen LogP contribution in [0, 0.1) is 5.92 Å². The molecule has 2 fully saturated rings. The lowest BCUT2D eigenvalue weighted by Gasteiger charge is -2.27. The maximum absolute atomic E-state index is 13.3. The minimum absolute atomic E-state index is 0.0279. The number of methoxy groups -OCH3 is 1. The van der Waals surface area contributed by atoms with E-state index in [2.05, 4.69) is 22.4 Å². The summed E-state index contributed by atoms with van der Waals surface area (Å²) in [6.07, 6.45) is 6.04. The number of aryl methyl sites for hydroxylation is 2. The number of fused-ring (bicyclic) bond motifs is 3. The fourth-order valence-electron chi connectivity index (χ4n) is 5.15. The number of likely N-dealkylation sites (tertiary alicyclic amines) is 1. The maximum atomic E-state index is 13.3. The Bertz CT molecular complexity index is 1140. The van der Waals surface area contributed by atoms with Gasteiger partial charge in [0.2, 0.25) is 5.91 Å². The third-order valence-corrected chi connectivity index (χ3v) is 6.66. The maximum Gasteiger partial charge on any atom is 0.254 e. The van der Waals surface area contributed by atoms with Gasteiger partial charge in [0.15, 0.2) is 0 Å². The van der Waals surface area contributed by atoms with Crippen molar-refractivity contribution in [3.8, 4) is 0 Å². The first-order chi connectivity index (χ1) is 15.6. The number of nitrogens with one attached hydrogen (secondary N) is 1. The normalized spacial score (nSPS) is 19.6. The van der Waals surface area contributed by atoms with Gasteiger partial charge in [-0.1, -0.05) is 30.3 Å². The number of ether oxygens (including phenoxy) is 1. The molecule has 166 valence electrons. The Morgan fingerprint density at radius 3 is 2.75 bits per heavy atom. The van der Waals surface area contributed by atoms with Crippen LogP contribution in [0.15, 0.2) is 48.8 Å². The van der Waals surface area contributed by atoms with E-state index < -0.39 is 0 Å². The Labute approximate surface area is 187 Å². The average molecular weight is 433 g/mol. The SMILES string of the molecule is COCC(=O)Nc1cc(C(=O)N2C[C@@H]3CC[C@@H]2C3)cc2ncn(CCc3ccccc3)c12. The van der Waals surface area contributed by atoms with Crippen molar-refractivity contribution in [1.29, 1.82) is 0 Å². The van der Waals surface area contributed by atoms with Crippen molar-refractivity contribution in [3.63, 3.8) is 0 Å². The fourth-order valence-corrected chi connectivity index (χ4v) is 5.15. The van der Waals surface area contributed by atoms with Gasteiger partial charge in [0, 0.05) is 31.8 Å². The molecule has 3 aromatic rings. The molecule has 0 unspecified atom stereocenters. The first-order valence-electron chi connectivity index (χ1n) is 11.2. The van der Waals surface area contributed by atoms with Crippen LogP contribution in [0.5, 0.6) is 0 Å². The number of benzene rings is 2. The molecule has 2 amide bonds.